The van der Waals surface area contributed by atoms with Gasteiger partial charge in [-0.15, -0.1) is 11.3 Å². The van der Waals surface area contributed by atoms with E-state index in [2.05, 4.69) is 15.6 Å². The molecule has 1 aromatic heterocycles. The Balaban J connectivity index is 2.15. The maximum Gasteiger partial charge on any atom is 0.319 e. The lowest BCUT2D eigenvalue weighted by Gasteiger charge is -2.06. The standard InChI is InChI=1S/C14H19N3O4S2/c1-3-8-23(19,20)14-17-11-5-4-10(9-12(11)22-14)16-13(18)15-6-7-21-2/h4-5,9H,3,6-8H2,1-2H3,(H2,15,16,18). The van der Waals surface area contributed by atoms with Crippen molar-refractivity contribution in [2.24, 2.45) is 0 Å². The molecule has 2 aromatic rings. The first kappa shape index (κ1) is 17.6. The molecule has 126 valence electrons. The number of anilines is 1. The Morgan fingerprint density at radius 3 is 2.87 bits per heavy atom. The van der Waals surface area contributed by atoms with Crippen LogP contribution in [0.4, 0.5) is 10.5 Å². The minimum atomic E-state index is -3.33. The van der Waals surface area contributed by atoms with Gasteiger partial charge in [0.2, 0.25) is 14.2 Å². The normalized spacial score (nSPS) is 11.6. The molecule has 1 heterocycles. The fourth-order valence-corrected chi connectivity index (χ4v) is 4.63. The van der Waals surface area contributed by atoms with E-state index in [1.165, 1.54) is 0 Å². The maximum absolute atomic E-state index is 12.1. The number of methoxy groups -OCH3 is 1. The van der Waals surface area contributed by atoms with Gasteiger partial charge in [-0.2, -0.15) is 0 Å². The Bertz CT molecular complexity index is 786. The third-order valence-corrected chi connectivity index (χ3v) is 6.35. The van der Waals surface area contributed by atoms with Gasteiger partial charge < -0.3 is 15.4 Å². The van der Waals surface area contributed by atoms with Crippen LogP contribution in [0.5, 0.6) is 0 Å². The molecule has 0 aliphatic heterocycles. The molecule has 0 saturated carbocycles. The van der Waals surface area contributed by atoms with Crippen molar-refractivity contribution in [3.63, 3.8) is 0 Å². The molecule has 2 rings (SSSR count). The lowest BCUT2D eigenvalue weighted by atomic mass is 10.3. The van der Waals surface area contributed by atoms with Gasteiger partial charge in [0.15, 0.2) is 0 Å². The van der Waals surface area contributed by atoms with E-state index in [0.717, 1.165) is 16.0 Å². The van der Waals surface area contributed by atoms with Gasteiger partial charge in [0.05, 0.1) is 22.6 Å². The van der Waals surface area contributed by atoms with Crippen molar-refractivity contribution in [1.29, 1.82) is 0 Å². The zero-order valence-electron chi connectivity index (χ0n) is 13.0. The smallest absolute Gasteiger partial charge is 0.319 e. The molecule has 0 fully saturated rings. The molecule has 0 atom stereocenters. The first-order valence-corrected chi connectivity index (χ1v) is 9.60. The van der Waals surface area contributed by atoms with Crippen LogP contribution in [0.2, 0.25) is 0 Å². The Labute approximate surface area is 139 Å². The number of benzene rings is 1. The first-order valence-electron chi connectivity index (χ1n) is 7.13. The summed E-state index contributed by atoms with van der Waals surface area (Å²) in [4.78, 5) is 15.9. The number of ether oxygens (including phenoxy) is 1. The number of aromatic nitrogens is 1. The number of urea groups is 1. The summed E-state index contributed by atoms with van der Waals surface area (Å²) in [5.74, 6) is 0.0832. The molecule has 0 aliphatic carbocycles. The molecule has 0 radical (unpaired) electrons. The van der Waals surface area contributed by atoms with E-state index < -0.39 is 9.84 Å². The van der Waals surface area contributed by atoms with Crippen LogP contribution in [-0.2, 0) is 14.6 Å². The summed E-state index contributed by atoms with van der Waals surface area (Å²) in [5.41, 5.74) is 1.19. The molecule has 9 heteroatoms. The van der Waals surface area contributed by atoms with Crippen LogP contribution < -0.4 is 10.6 Å². The second kappa shape index (κ2) is 7.71. The summed E-state index contributed by atoms with van der Waals surface area (Å²) in [7, 11) is -1.77. The van der Waals surface area contributed by atoms with Crippen LogP contribution in [-0.4, -0.2) is 45.4 Å². The number of sulfone groups is 1. The number of rotatable bonds is 7. The van der Waals surface area contributed by atoms with Crippen LogP contribution in [0.1, 0.15) is 13.3 Å². The molecule has 2 N–H and O–H groups in total. The molecular formula is C14H19N3O4S2. The van der Waals surface area contributed by atoms with Gasteiger partial charge in [0.25, 0.3) is 0 Å². The minimum Gasteiger partial charge on any atom is -0.383 e. The first-order chi connectivity index (χ1) is 11.0. The van der Waals surface area contributed by atoms with Gasteiger partial charge in [-0.25, -0.2) is 18.2 Å². The summed E-state index contributed by atoms with van der Waals surface area (Å²) < 4.78 is 29.8. The average Bonchev–Trinajstić information content (AvgIpc) is 2.91. The van der Waals surface area contributed by atoms with Crippen molar-refractivity contribution >= 4 is 43.1 Å². The zero-order chi connectivity index (χ0) is 16.9. The Morgan fingerprint density at radius 1 is 1.39 bits per heavy atom. The maximum atomic E-state index is 12.1. The van der Waals surface area contributed by atoms with Gasteiger partial charge in [-0.1, -0.05) is 6.92 Å². The summed E-state index contributed by atoms with van der Waals surface area (Å²) in [5, 5.41) is 5.33. The van der Waals surface area contributed by atoms with Crippen molar-refractivity contribution in [3.05, 3.63) is 18.2 Å². The lowest BCUT2D eigenvalue weighted by Crippen LogP contribution is -2.31. The fourth-order valence-electron chi connectivity index (χ4n) is 1.91. The monoisotopic (exact) mass is 357 g/mol. The van der Waals surface area contributed by atoms with E-state index in [1.54, 1.807) is 25.3 Å². The number of hydrogen-bond donors (Lipinski definition) is 2. The molecular weight excluding hydrogens is 338 g/mol. The van der Waals surface area contributed by atoms with E-state index in [9.17, 15) is 13.2 Å². The fraction of sp³-hybridized carbons (Fsp3) is 0.429. The van der Waals surface area contributed by atoms with Gasteiger partial charge in [-0.3, -0.25) is 0 Å². The summed E-state index contributed by atoms with van der Waals surface area (Å²) >= 11 is 1.12. The number of fused-ring (bicyclic) bond motifs is 1. The molecule has 23 heavy (non-hydrogen) atoms. The average molecular weight is 357 g/mol. The largest absolute Gasteiger partial charge is 0.383 e. The highest BCUT2D eigenvalue weighted by molar-refractivity contribution is 7.93. The van der Waals surface area contributed by atoms with Crippen LogP contribution in [0.15, 0.2) is 22.5 Å². The lowest BCUT2D eigenvalue weighted by molar-refractivity contribution is 0.198. The summed E-state index contributed by atoms with van der Waals surface area (Å²) in [6.07, 6.45) is 0.548. The van der Waals surface area contributed by atoms with E-state index in [-0.39, 0.29) is 16.1 Å². The van der Waals surface area contributed by atoms with E-state index in [0.29, 0.717) is 30.8 Å². The molecule has 0 unspecified atom stereocenters. The number of nitrogens with zero attached hydrogens (tertiary/aromatic N) is 1. The SMILES string of the molecule is CCCS(=O)(=O)c1nc2ccc(NC(=O)NCCOC)cc2s1. The van der Waals surface area contributed by atoms with E-state index >= 15 is 0 Å². The molecule has 0 spiro atoms. The van der Waals surface area contributed by atoms with Crippen LogP contribution in [0.25, 0.3) is 10.2 Å². The molecule has 0 bridgehead atoms. The number of amides is 2. The number of nitrogens with one attached hydrogen (secondary N) is 2. The van der Waals surface area contributed by atoms with Crippen molar-refractivity contribution in [1.82, 2.24) is 10.3 Å². The van der Waals surface area contributed by atoms with Crippen molar-refractivity contribution in [2.75, 3.05) is 31.3 Å². The Morgan fingerprint density at radius 2 is 2.17 bits per heavy atom. The van der Waals surface area contributed by atoms with Crippen molar-refractivity contribution in [2.45, 2.75) is 17.7 Å². The van der Waals surface area contributed by atoms with Gasteiger partial charge in [-0.05, 0) is 24.6 Å². The molecule has 0 aliphatic rings. The van der Waals surface area contributed by atoms with Crippen LogP contribution in [0, 0.1) is 0 Å². The second-order valence-corrected chi connectivity index (χ2v) is 8.17. The highest BCUT2D eigenvalue weighted by atomic mass is 32.2. The molecule has 2 amide bonds. The number of carbonyl (C=O) groups excluding carboxylic acids is 1. The highest BCUT2D eigenvalue weighted by Gasteiger charge is 2.18. The quantitative estimate of drug-likeness (QED) is 0.741. The third kappa shape index (κ3) is 4.63. The number of carbonyl (C=O) groups is 1. The predicted octanol–water partition coefficient (Wildman–Crippen LogP) is 2.25. The summed E-state index contributed by atoms with van der Waals surface area (Å²) in [6, 6.07) is 4.76. The Kier molecular flexibility index (Phi) is 5.91. The van der Waals surface area contributed by atoms with Gasteiger partial charge >= 0.3 is 6.03 Å². The van der Waals surface area contributed by atoms with Crippen LogP contribution in [0.3, 0.4) is 0 Å². The topological polar surface area (TPSA) is 97.4 Å². The third-order valence-electron chi connectivity index (χ3n) is 2.96. The highest BCUT2D eigenvalue weighted by Crippen LogP contribution is 2.28. The molecule has 1 aromatic carbocycles. The molecule has 7 nitrogen and oxygen atoms in total. The summed E-state index contributed by atoms with van der Waals surface area (Å²) in [6.45, 7) is 2.65. The second-order valence-electron chi connectivity index (χ2n) is 4.85. The zero-order valence-corrected chi connectivity index (χ0v) is 14.6. The van der Waals surface area contributed by atoms with E-state index in [4.69, 9.17) is 4.74 Å². The van der Waals surface area contributed by atoms with E-state index in [1.807, 2.05) is 6.92 Å². The number of thiazole rings is 1. The number of hydrogen-bond acceptors (Lipinski definition) is 6. The minimum absolute atomic E-state index is 0.0832. The van der Waals surface area contributed by atoms with Crippen molar-refractivity contribution in [3.8, 4) is 0 Å². The van der Waals surface area contributed by atoms with Crippen LogP contribution >= 0.6 is 11.3 Å². The van der Waals surface area contributed by atoms with Gasteiger partial charge in [0.1, 0.15) is 0 Å². The van der Waals surface area contributed by atoms with Gasteiger partial charge in [0, 0.05) is 19.3 Å². The van der Waals surface area contributed by atoms with Crippen molar-refractivity contribution < 1.29 is 17.9 Å². The Hall–Kier alpha value is -1.71. The predicted molar refractivity (Wildman–Crippen MR) is 90.9 cm³/mol. The molecule has 0 saturated heterocycles.